The minimum absolute atomic E-state index is 0.0362. The van der Waals surface area contributed by atoms with Gasteiger partial charge in [0.1, 0.15) is 5.60 Å². The standard InChI is InChI=1S/C23H29N3O4/c1-23(2,3)30-22(29)25-14-11-18(12-15-25)21(28)24-19-9-7-17(8-10-19)16-26-13-5-4-6-20(26)27/h4-10,13,18H,11-12,14-16H2,1-3H3,(H,24,28). The average molecular weight is 412 g/mol. The number of amides is 2. The fourth-order valence-corrected chi connectivity index (χ4v) is 3.38. The molecule has 7 nitrogen and oxygen atoms in total. The fourth-order valence-electron chi connectivity index (χ4n) is 3.38. The van der Waals surface area contributed by atoms with Gasteiger partial charge in [0.2, 0.25) is 5.91 Å². The molecule has 0 atom stereocenters. The second-order valence-electron chi connectivity index (χ2n) is 8.59. The highest BCUT2D eigenvalue weighted by Gasteiger charge is 2.29. The number of nitrogens with zero attached hydrogens (tertiary/aromatic N) is 2. The highest BCUT2D eigenvalue weighted by atomic mass is 16.6. The van der Waals surface area contributed by atoms with E-state index in [1.807, 2.05) is 51.1 Å². The molecule has 1 fully saturated rings. The highest BCUT2D eigenvalue weighted by molar-refractivity contribution is 5.92. The molecule has 2 heterocycles. The zero-order chi connectivity index (χ0) is 21.7. The summed E-state index contributed by atoms with van der Waals surface area (Å²) in [6, 6.07) is 12.6. The van der Waals surface area contributed by atoms with Crippen LogP contribution in [0.25, 0.3) is 0 Å². The van der Waals surface area contributed by atoms with E-state index in [0.29, 0.717) is 32.5 Å². The summed E-state index contributed by atoms with van der Waals surface area (Å²) in [5.41, 5.74) is 1.13. The van der Waals surface area contributed by atoms with Crippen LogP contribution in [0.1, 0.15) is 39.2 Å². The van der Waals surface area contributed by atoms with E-state index < -0.39 is 5.60 Å². The van der Waals surface area contributed by atoms with Crippen LogP contribution in [-0.4, -0.2) is 40.2 Å². The number of ether oxygens (including phenoxy) is 1. The zero-order valence-electron chi connectivity index (χ0n) is 17.8. The van der Waals surface area contributed by atoms with Crippen LogP contribution in [0.5, 0.6) is 0 Å². The summed E-state index contributed by atoms with van der Waals surface area (Å²) >= 11 is 0. The second kappa shape index (κ2) is 9.15. The summed E-state index contributed by atoms with van der Waals surface area (Å²) in [6.07, 6.45) is 2.65. The summed E-state index contributed by atoms with van der Waals surface area (Å²) in [5, 5.41) is 2.95. The predicted octanol–water partition coefficient (Wildman–Crippen LogP) is 3.48. The molecule has 1 aliphatic heterocycles. The molecule has 0 aliphatic carbocycles. The molecule has 0 radical (unpaired) electrons. The zero-order valence-corrected chi connectivity index (χ0v) is 17.8. The molecule has 2 amide bonds. The molecular weight excluding hydrogens is 382 g/mol. The number of carbonyl (C=O) groups is 2. The number of likely N-dealkylation sites (tertiary alicyclic amines) is 1. The molecule has 1 aromatic heterocycles. The number of benzene rings is 1. The maximum atomic E-state index is 12.6. The Balaban J connectivity index is 1.50. The third-order valence-electron chi connectivity index (χ3n) is 4.99. The van der Waals surface area contributed by atoms with Gasteiger partial charge in [0, 0.05) is 37.0 Å². The first-order chi connectivity index (χ1) is 14.2. The van der Waals surface area contributed by atoms with Gasteiger partial charge in [-0.15, -0.1) is 0 Å². The van der Waals surface area contributed by atoms with Gasteiger partial charge >= 0.3 is 6.09 Å². The topological polar surface area (TPSA) is 80.6 Å². The molecule has 0 saturated carbocycles. The van der Waals surface area contributed by atoms with Crippen molar-refractivity contribution in [3.05, 3.63) is 64.6 Å². The first-order valence-corrected chi connectivity index (χ1v) is 10.2. The third-order valence-corrected chi connectivity index (χ3v) is 4.99. The Hall–Kier alpha value is -3.09. The number of hydrogen-bond donors (Lipinski definition) is 1. The van der Waals surface area contributed by atoms with Gasteiger partial charge in [0.05, 0.1) is 6.54 Å². The molecule has 30 heavy (non-hydrogen) atoms. The Morgan fingerprint density at radius 2 is 1.73 bits per heavy atom. The smallest absolute Gasteiger partial charge is 0.410 e. The summed E-state index contributed by atoms with van der Waals surface area (Å²) in [6.45, 7) is 7.03. The Labute approximate surface area is 176 Å². The Bertz CT molecular complexity index is 936. The molecule has 3 rings (SSSR count). The van der Waals surface area contributed by atoms with E-state index in [9.17, 15) is 14.4 Å². The monoisotopic (exact) mass is 411 g/mol. The van der Waals surface area contributed by atoms with Crippen molar-refractivity contribution in [1.29, 1.82) is 0 Å². The number of anilines is 1. The highest BCUT2D eigenvalue weighted by Crippen LogP contribution is 2.21. The van der Waals surface area contributed by atoms with Crippen LogP contribution in [-0.2, 0) is 16.1 Å². The lowest BCUT2D eigenvalue weighted by Crippen LogP contribution is -2.43. The number of piperidine rings is 1. The fraction of sp³-hybridized carbons (Fsp3) is 0.435. The minimum atomic E-state index is -0.522. The Kier molecular flexibility index (Phi) is 6.59. The van der Waals surface area contributed by atoms with Crippen LogP contribution in [0.3, 0.4) is 0 Å². The van der Waals surface area contributed by atoms with Crippen molar-refractivity contribution < 1.29 is 14.3 Å². The van der Waals surface area contributed by atoms with Gasteiger partial charge in [-0.25, -0.2) is 4.79 Å². The molecule has 0 spiro atoms. The molecule has 0 unspecified atom stereocenters. The van der Waals surface area contributed by atoms with Crippen LogP contribution >= 0.6 is 0 Å². The van der Waals surface area contributed by atoms with Gasteiger partial charge in [0.15, 0.2) is 0 Å². The summed E-state index contributed by atoms with van der Waals surface area (Å²) < 4.78 is 7.03. The Morgan fingerprint density at radius 3 is 2.33 bits per heavy atom. The lowest BCUT2D eigenvalue weighted by atomic mass is 9.96. The normalized spacial score (nSPS) is 15.0. The largest absolute Gasteiger partial charge is 0.444 e. The van der Waals surface area contributed by atoms with E-state index in [-0.39, 0.29) is 23.5 Å². The van der Waals surface area contributed by atoms with Gasteiger partial charge in [-0.2, -0.15) is 0 Å². The van der Waals surface area contributed by atoms with Crippen molar-refractivity contribution >= 4 is 17.7 Å². The quantitative estimate of drug-likeness (QED) is 0.835. The van der Waals surface area contributed by atoms with E-state index >= 15 is 0 Å². The van der Waals surface area contributed by atoms with Gasteiger partial charge in [0.25, 0.3) is 5.56 Å². The van der Waals surface area contributed by atoms with Crippen molar-refractivity contribution in [2.75, 3.05) is 18.4 Å². The second-order valence-corrected chi connectivity index (χ2v) is 8.59. The molecule has 160 valence electrons. The summed E-state index contributed by atoms with van der Waals surface area (Å²) in [4.78, 5) is 38.2. The van der Waals surface area contributed by atoms with Crippen LogP contribution in [0, 0.1) is 5.92 Å². The van der Waals surface area contributed by atoms with E-state index in [4.69, 9.17) is 4.74 Å². The minimum Gasteiger partial charge on any atom is -0.444 e. The van der Waals surface area contributed by atoms with Crippen LogP contribution in [0.2, 0.25) is 0 Å². The summed E-state index contributed by atoms with van der Waals surface area (Å²) in [7, 11) is 0. The number of pyridine rings is 1. The molecule has 1 aromatic carbocycles. The lowest BCUT2D eigenvalue weighted by Gasteiger charge is -2.32. The van der Waals surface area contributed by atoms with Crippen molar-refractivity contribution in [3.63, 3.8) is 0 Å². The number of nitrogens with one attached hydrogen (secondary N) is 1. The molecule has 1 aliphatic rings. The van der Waals surface area contributed by atoms with Crippen molar-refractivity contribution in [3.8, 4) is 0 Å². The van der Waals surface area contributed by atoms with E-state index in [1.165, 1.54) is 6.07 Å². The SMILES string of the molecule is CC(C)(C)OC(=O)N1CCC(C(=O)Nc2ccc(Cn3ccccc3=O)cc2)CC1. The van der Waals surface area contributed by atoms with E-state index in [0.717, 1.165) is 11.3 Å². The predicted molar refractivity (Wildman–Crippen MR) is 115 cm³/mol. The van der Waals surface area contributed by atoms with Crippen LogP contribution < -0.4 is 10.9 Å². The van der Waals surface area contributed by atoms with Gasteiger partial charge in [-0.05, 0) is 57.4 Å². The molecule has 2 aromatic rings. The van der Waals surface area contributed by atoms with E-state index in [2.05, 4.69) is 5.32 Å². The van der Waals surface area contributed by atoms with Crippen LogP contribution in [0.15, 0.2) is 53.5 Å². The molecular formula is C23H29N3O4. The number of rotatable bonds is 4. The molecule has 7 heteroatoms. The molecule has 0 bridgehead atoms. The number of carbonyl (C=O) groups excluding carboxylic acids is 2. The van der Waals surface area contributed by atoms with Crippen LogP contribution in [0.4, 0.5) is 10.5 Å². The van der Waals surface area contributed by atoms with E-state index in [1.54, 1.807) is 21.7 Å². The van der Waals surface area contributed by atoms with Crippen molar-refractivity contribution in [2.24, 2.45) is 5.92 Å². The van der Waals surface area contributed by atoms with Gasteiger partial charge in [-0.3, -0.25) is 9.59 Å². The molecule has 1 saturated heterocycles. The van der Waals surface area contributed by atoms with Crippen molar-refractivity contribution in [2.45, 2.75) is 45.8 Å². The maximum Gasteiger partial charge on any atom is 0.410 e. The van der Waals surface area contributed by atoms with Crippen molar-refractivity contribution in [1.82, 2.24) is 9.47 Å². The molecule has 1 N–H and O–H groups in total. The van der Waals surface area contributed by atoms with Gasteiger partial charge < -0.3 is 19.5 Å². The number of hydrogen-bond acceptors (Lipinski definition) is 4. The lowest BCUT2D eigenvalue weighted by molar-refractivity contribution is -0.121. The first-order valence-electron chi connectivity index (χ1n) is 10.2. The van der Waals surface area contributed by atoms with Gasteiger partial charge in [-0.1, -0.05) is 18.2 Å². The summed E-state index contributed by atoms with van der Waals surface area (Å²) in [5.74, 6) is -0.169. The first kappa shape index (κ1) is 21.6. The average Bonchev–Trinajstić information content (AvgIpc) is 2.70. The maximum absolute atomic E-state index is 12.6. The third kappa shape index (κ3) is 5.95. The number of aromatic nitrogens is 1. The Morgan fingerprint density at radius 1 is 1.07 bits per heavy atom.